The molecule has 0 spiro atoms. The van der Waals surface area contributed by atoms with Gasteiger partial charge < -0.3 is 5.32 Å². The predicted molar refractivity (Wildman–Crippen MR) is 61.2 cm³/mol. The van der Waals surface area contributed by atoms with Gasteiger partial charge in [-0.3, -0.25) is 4.79 Å². The molecule has 1 aliphatic carbocycles. The Kier molecular flexibility index (Phi) is 3.04. The van der Waals surface area contributed by atoms with E-state index >= 15 is 0 Å². The molecule has 1 aromatic carbocycles. The van der Waals surface area contributed by atoms with Crippen molar-refractivity contribution in [3.8, 4) is 0 Å². The summed E-state index contributed by atoms with van der Waals surface area (Å²) >= 11 is 0. The van der Waals surface area contributed by atoms with Crippen LogP contribution in [-0.2, 0) is 4.79 Å². The standard InChI is InChI=1S/C13H14FNO/c1-9(8-13(16)15-10-6-7-10)11-4-2-3-5-12(11)14/h2-5,8,10H,6-7H2,1H3,(H,15,16). The van der Waals surface area contributed by atoms with Gasteiger partial charge in [0.1, 0.15) is 5.82 Å². The number of carbonyl (C=O) groups excluding carboxylic acids is 1. The summed E-state index contributed by atoms with van der Waals surface area (Å²) in [4.78, 5) is 11.5. The zero-order chi connectivity index (χ0) is 11.5. The van der Waals surface area contributed by atoms with E-state index in [0.29, 0.717) is 17.2 Å². The molecule has 1 aromatic rings. The summed E-state index contributed by atoms with van der Waals surface area (Å²) < 4.78 is 13.4. The normalized spacial score (nSPS) is 16.0. The number of hydrogen-bond donors (Lipinski definition) is 1. The Morgan fingerprint density at radius 3 is 2.75 bits per heavy atom. The monoisotopic (exact) mass is 219 g/mol. The Morgan fingerprint density at radius 2 is 2.12 bits per heavy atom. The van der Waals surface area contributed by atoms with Crippen LogP contribution in [0.15, 0.2) is 30.3 Å². The first kappa shape index (κ1) is 10.9. The number of hydrogen-bond acceptors (Lipinski definition) is 1. The number of rotatable bonds is 3. The van der Waals surface area contributed by atoms with Crippen LogP contribution in [0.25, 0.3) is 5.57 Å². The van der Waals surface area contributed by atoms with Gasteiger partial charge in [-0.05, 0) is 31.4 Å². The zero-order valence-electron chi connectivity index (χ0n) is 9.16. The molecule has 0 aliphatic heterocycles. The topological polar surface area (TPSA) is 29.1 Å². The van der Waals surface area contributed by atoms with Crippen LogP contribution >= 0.6 is 0 Å². The Labute approximate surface area is 94.2 Å². The van der Waals surface area contributed by atoms with Crippen LogP contribution in [0.3, 0.4) is 0 Å². The van der Waals surface area contributed by atoms with Gasteiger partial charge in [-0.1, -0.05) is 18.2 Å². The molecule has 0 radical (unpaired) electrons. The van der Waals surface area contributed by atoms with Crippen LogP contribution in [-0.4, -0.2) is 11.9 Å². The van der Waals surface area contributed by atoms with Gasteiger partial charge in [-0.25, -0.2) is 4.39 Å². The second-order valence-corrected chi connectivity index (χ2v) is 4.09. The van der Waals surface area contributed by atoms with Crippen LogP contribution < -0.4 is 5.32 Å². The third kappa shape index (κ3) is 2.69. The largest absolute Gasteiger partial charge is 0.350 e. The Morgan fingerprint density at radius 1 is 1.44 bits per heavy atom. The molecule has 0 saturated heterocycles. The van der Waals surface area contributed by atoms with Crippen LogP contribution in [0, 0.1) is 5.82 Å². The van der Waals surface area contributed by atoms with Gasteiger partial charge in [0, 0.05) is 17.7 Å². The van der Waals surface area contributed by atoms with Gasteiger partial charge in [-0.2, -0.15) is 0 Å². The molecule has 2 nitrogen and oxygen atoms in total. The summed E-state index contributed by atoms with van der Waals surface area (Å²) in [5.74, 6) is -0.432. The lowest BCUT2D eigenvalue weighted by Gasteiger charge is -2.03. The molecule has 1 amide bonds. The average molecular weight is 219 g/mol. The van der Waals surface area contributed by atoms with E-state index in [1.807, 2.05) is 0 Å². The number of amides is 1. The average Bonchev–Trinajstić information content (AvgIpc) is 3.01. The minimum Gasteiger partial charge on any atom is -0.350 e. The van der Waals surface area contributed by atoms with Crippen molar-refractivity contribution in [2.45, 2.75) is 25.8 Å². The van der Waals surface area contributed by atoms with E-state index in [0.717, 1.165) is 12.8 Å². The van der Waals surface area contributed by atoms with Crippen LogP contribution in [0.4, 0.5) is 4.39 Å². The molecule has 0 atom stereocenters. The first-order valence-electron chi connectivity index (χ1n) is 5.40. The molecule has 1 fully saturated rings. The van der Waals surface area contributed by atoms with Crippen LogP contribution in [0.2, 0.25) is 0 Å². The van der Waals surface area contributed by atoms with Gasteiger partial charge >= 0.3 is 0 Å². The van der Waals surface area contributed by atoms with Gasteiger partial charge in [0.05, 0.1) is 0 Å². The molecule has 1 saturated carbocycles. The van der Waals surface area contributed by atoms with Gasteiger partial charge in [0.15, 0.2) is 0 Å². The van der Waals surface area contributed by atoms with Gasteiger partial charge in [0.25, 0.3) is 0 Å². The second-order valence-electron chi connectivity index (χ2n) is 4.09. The molecular weight excluding hydrogens is 205 g/mol. The lowest BCUT2D eigenvalue weighted by Crippen LogP contribution is -2.23. The number of allylic oxidation sites excluding steroid dienone is 1. The van der Waals surface area contributed by atoms with Crippen LogP contribution in [0.1, 0.15) is 25.3 Å². The van der Waals surface area contributed by atoms with Crippen molar-refractivity contribution in [3.05, 3.63) is 41.7 Å². The van der Waals surface area contributed by atoms with E-state index in [1.165, 1.54) is 12.1 Å². The number of nitrogens with one attached hydrogen (secondary N) is 1. The minimum absolute atomic E-state index is 0.136. The van der Waals surface area contributed by atoms with Crippen molar-refractivity contribution in [2.75, 3.05) is 0 Å². The Balaban J connectivity index is 2.10. The molecule has 0 bridgehead atoms. The summed E-state index contributed by atoms with van der Waals surface area (Å²) in [6.45, 7) is 1.74. The first-order chi connectivity index (χ1) is 7.66. The summed E-state index contributed by atoms with van der Waals surface area (Å²) in [6, 6.07) is 6.79. The number of halogens is 1. The van der Waals surface area contributed by atoms with Crippen molar-refractivity contribution in [1.29, 1.82) is 0 Å². The van der Waals surface area contributed by atoms with Crippen molar-refractivity contribution in [1.82, 2.24) is 5.32 Å². The van der Waals surface area contributed by atoms with E-state index in [4.69, 9.17) is 0 Å². The maximum atomic E-state index is 13.4. The highest BCUT2D eigenvalue weighted by Gasteiger charge is 2.22. The highest BCUT2D eigenvalue weighted by molar-refractivity contribution is 5.95. The molecule has 16 heavy (non-hydrogen) atoms. The van der Waals surface area contributed by atoms with E-state index in [2.05, 4.69) is 5.32 Å². The van der Waals surface area contributed by atoms with E-state index in [1.54, 1.807) is 25.1 Å². The summed E-state index contributed by atoms with van der Waals surface area (Å²) in [7, 11) is 0. The molecule has 1 aliphatic rings. The molecule has 84 valence electrons. The summed E-state index contributed by atoms with van der Waals surface area (Å²) in [6.07, 6.45) is 3.56. The van der Waals surface area contributed by atoms with E-state index in [9.17, 15) is 9.18 Å². The van der Waals surface area contributed by atoms with Crippen molar-refractivity contribution >= 4 is 11.5 Å². The lowest BCUT2D eigenvalue weighted by atomic mass is 10.1. The summed E-state index contributed by atoms with van der Waals surface area (Å²) in [5, 5.41) is 2.84. The third-order valence-corrected chi connectivity index (χ3v) is 2.57. The Hall–Kier alpha value is -1.64. The fourth-order valence-corrected chi connectivity index (χ4v) is 1.53. The summed E-state index contributed by atoms with van der Waals surface area (Å²) in [5.41, 5.74) is 1.13. The fourth-order valence-electron chi connectivity index (χ4n) is 1.53. The highest BCUT2D eigenvalue weighted by Crippen LogP contribution is 2.20. The predicted octanol–water partition coefficient (Wildman–Crippen LogP) is 2.51. The lowest BCUT2D eigenvalue weighted by molar-refractivity contribution is -0.116. The molecule has 3 heteroatoms. The smallest absolute Gasteiger partial charge is 0.244 e. The number of carbonyl (C=O) groups is 1. The number of benzene rings is 1. The highest BCUT2D eigenvalue weighted by atomic mass is 19.1. The maximum Gasteiger partial charge on any atom is 0.244 e. The van der Waals surface area contributed by atoms with Crippen molar-refractivity contribution < 1.29 is 9.18 Å². The molecule has 1 N–H and O–H groups in total. The first-order valence-corrected chi connectivity index (χ1v) is 5.40. The molecule has 0 unspecified atom stereocenters. The fraction of sp³-hybridized carbons (Fsp3) is 0.308. The van der Waals surface area contributed by atoms with Crippen LogP contribution in [0.5, 0.6) is 0 Å². The van der Waals surface area contributed by atoms with Crippen molar-refractivity contribution in [3.63, 3.8) is 0 Å². The minimum atomic E-state index is -0.296. The quantitative estimate of drug-likeness (QED) is 0.777. The second kappa shape index (κ2) is 4.47. The van der Waals surface area contributed by atoms with Crippen molar-refractivity contribution in [2.24, 2.45) is 0 Å². The van der Waals surface area contributed by atoms with Gasteiger partial charge in [0.2, 0.25) is 5.91 Å². The Bertz CT molecular complexity index is 435. The molecule has 0 aromatic heterocycles. The third-order valence-electron chi connectivity index (χ3n) is 2.57. The molecule has 2 rings (SSSR count). The van der Waals surface area contributed by atoms with E-state index in [-0.39, 0.29) is 11.7 Å². The SMILES string of the molecule is CC(=CC(=O)NC1CC1)c1ccccc1F. The van der Waals surface area contributed by atoms with Gasteiger partial charge in [-0.15, -0.1) is 0 Å². The molecule has 0 heterocycles. The zero-order valence-corrected chi connectivity index (χ0v) is 9.16. The molecular formula is C13H14FNO. The van der Waals surface area contributed by atoms with E-state index < -0.39 is 0 Å². The maximum absolute atomic E-state index is 13.4.